The van der Waals surface area contributed by atoms with Crippen LogP contribution in [0.3, 0.4) is 0 Å². The largest absolute Gasteiger partial charge is 0.444 e. The summed E-state index contributed by atoms with van der Waals surface area (Å²) in [6.45, 7) is 10.5. The van der Waals surface area contributed by atoms with Crippen LogP contribution in [0.2, 0.25) is 0 Å². The van der Waals surface area contributed by atoms with Crippen molar-refractivity contribution in [3.05, 3.63) is 12.3 Å². The summed E-state index contributed by atoms with van der Waals surface area (Å²) in [5, 5.41) is 6.33. The van der Waals surface area contributed by atoms with Crippen molar-refractivity contribution in [3.8, 4) is 0 Å². The van der Waals surface area contributed by atoms with Crippen molar-refractivity contribution in [1.82, 2.24) is 9.78 Å². The van der Waals surface area contributed by atoms with Crippen LogP contribution < -0.4 is 5.32 Å². The van der Waals surface area contributed by atoms with Crippen molar-refractivity contribution >= 4 is 18.0 Å². The Morgan fingerprint density at radius 1 is 1.10 bits per heavy atom. The molecule has 0 aliphatic carbocycles. The summed E-state index contributed by atoms with van der Waals surface area (Å²) in [6, 6.07) is 1.48. The molecular weight excluding hydrogens is 262 g/mol. The molecule has 0 saturated carbocycles. The zero-order chi connectivity index (χ0) is 15.6. The Labute approximate surface area is 118 Å². The first kappa shape index (κ1) is 16.0. The number of ether oxygens (including phenoxy) is 2. The number of carbonyl (C=O) groups excluding carboxylic acids is 2. The SMILES string of the molecule is CC(C)(C)OC(=O)Nc1ccn(C(=O)OC(C)(C)C)n1. The van der Waals surface area contributed by atoms with E-state index < -0.39 is 23.4 Å². The average Bonchev–Trinajstić information content (AvgIpc) is 2.59. The molecule has 0 aliphatic rings. The number of rotatable bonds is 1. The minimum Gasteiger partial charge on any atom is -0.444 e. The highest BCUT2D eigenvalue weighted by Gasteiger charge is 2.20. The lowest BCUT2D eigenvalue weighted by Crippen LogP contribution is -2.28. The van der Waals surface area contributed by atoms with Crippen LogP contribution in [-0.4, -0.2) is 33.2 Å². The van der Waals surface area contributed by atoms with Crippen molar-refractivity contribution in [2.45, 2.75) is 52.7 Å². The summed E-state index contributed by atoms with van der Waals surface area (Å²) in [4.78, 5) is 23.3. The summed E-state index contributed by atoms with van der Waals surface area (Å²) in [7, 11) is 0. The van der Waals surface area contributed by atoms with E-state index in [1.807, 2.05) is 0 Å². The second-order valence-corrected chi connectivity index (χ2v) is 6.25. The van der Waals surface area contributed by atoms with Gasteiger partial charge in [0.2, 0.25) is 0 Å². The Bertz CT molecular complexity index is 494. The summed E-state index contributed by atoms with van der Waals surface area (Å²) in [6.07, 6.45) is 0.155. The van der Waals surface area contributed by atoms with Gasteiger partial charge in [0.15, 0.2) is 5.82 Å². The molecule has 1 rings (SSSR count). The molecule has 20 heavy (non-hydrogen) atoms. The van der Waals surface area contributed by atoms with E-state index in [1.165, 1.54) is 12.3 Å². The standard InChI is InChI=1S/C13H21N3O4/c1-12(2,3)19-10(17)14-9-7-8-16(15-9)11(18)20-13(4,5)6/h7-8H,1-6H3,(H,14,15,17). The molecule has 1 aromatic heterocycles. The molecule has 1 N–H and O–H groups in total. The number of carbonyl (C=O) groups is 2. The molecular formula is C13H21N3O4. The molecule has 0 spiro atoms. The van der Waals surface area contributed by atoms with E-state index in [4.69, 9.17) is 9.47 Å². The minimum atomic E-state index is -0.632. The third-order valence-electron chi connectivity index (χ3n) is 1.80. The number of nitrogens with one attached hydrogen (secondary N) is 1. The van der Waals surface area contributed by atoms with Crippen LogP contribution in [0.15, 0.2) is 12.3 Å². The van der Waals surface area contributed by atoms with Crippen LogP contribution in [-0.2, 0) is 9.47 Å². The summed E-state index contributed by atoms with van der Waals surface area (Å²) in [5.41, 5.74) is -1.21. The summed E-state index contributed by atoms with van der Waals surface area (Å²) in [5.74, 6) is 0.213. The van der Waals surface area contributed by atoms with Gasteiger partial charge in [0, 0.05) is 12.3 Å². The zero-order valence-electron chi connectivity index (χ0n) is 12.7. The number of nitrogens with zero attached hydrogens (tertiary/aromatic N) is 2. The van der Waals surface area contributed by atoms with E-state index in [-0.39, 0.29) is 5.82 Å². The lowest BCUT2D eigenvalue weighted by molar-refractivity contribution is 0.0512. The molecule has 112 valence electrons. The van der Waals surface area contributed by atoms with Crippen molar-refractivity contribution in [2.24, 2.45) is 0 Å². The van der Waals surface area contributed by atoms with Gasteiger partial charge in [-0.05, 0) is 41.5 Å². The lowest BCUT2D eigenvalue weighted by atomic mass is 10.2. The predicted molar refractivity (Wildman–Crippen MR) is 73.7 cm³/mol. The van der Waals surface area contributed by atoms with Gasteiger partial charge in [0.05, 0.1) is 0 Å². The minimum absolute atomic E-state index is 0.213. The molecule has 1 amide bonds. The van der Waals surface area contributed by atoms with Gasteiger partial charge in [0.25, 0.3) is 0 Å². The van der Waals surface area contributed by atoms with Gasteiger partial charge in [-0.2, -0.15) is 4.68 Å². The third kappa shape index (κ3) is 5.73. The molecule has 7 nitrogen and oxygen atoms in total. The number of anilines is 1. The van der Waals surface area contributed by atoms with E-state index in [9.17, 15) is 9.59 Å². The van der Waals surface area contributed by atoms with Gasteiger partial charge < -0.3 is 9.47 Å². The molecule has 0 aliphatic heterocycles. The molecule has 1 aromatic rings. The van der Waals surface area contributed by atoms with Crippen LogP contribution >= 0.6 is 0 Å². The van der Waals surface area contributed by atoms with Crippen LogP contribution in [0.4, 0.5) is 15.4 Å². The Hall–Kier alpha value is -2.05. The Kier molecular flexibility index (Phi) is 4.42. The molecule has 1 heterocycles. The first-order valence-electron chi connectivity index (χ1n) is 6.25. The first-order valence-corrected chi connectivity index (χ1v) is 6.25. The summed E-state index contributed by atoms with van der Waals surface area (Å²) < 4.78 is 11.2. The Morgan fingerprint density at radius 2 is 1.65 bits per heavy atom. The Balaban J connectivity index is 2.64. The molecule has 0 saturated heterocycles. The highest BCUT2D eigenvalue weighted by Crippen LogP contribution is 2.12. The maximum Gasteiger partial charge on any atom is 0.435 e. The fourth-order valence-corrected chi connectivity index (χ4v) is 1.21. The second-order valence-electron chi connectivity index (χ2n) is 6.25. The van der Waals surface area contributed by atoms with Crippen molar-refractivity contribution < 1.29 is 19.1 Å². The number of aromatic nitrogens is 2. The van der Waals surface area contributed by atoms with Gasteiger partial charge in [0.1, 0.15) is 11.2 Å². The van der Waals surface area contributed by atoms with Crippen LogP contribution in [0, 0.1) is 0 Å². The van der Waals surface area contributed by atoms with Crippen LogP contribution in [0.5, 0.6) is 0 Å². The number of hydrogen-bond donors (Lipinski definition) is 1. The highest BCUT2D eigenvalue weighted by molar-refractivity contribution is 5.84. The van der Waals surface area contributed by atoms with Crippen LogP contribution in [0.25, 0.3) is 0 Å². The normalized spacial score (nSPS) is 11.9. The molecule has 0 aromatic carbocycles. The molecule has 0 fully saturated rings. The monoisotopic (exact) mass is 283 g/mol. The van der Waals surface area contributed by atoms with E-state index in [1.54, 1.807) is 41.5 Å². The van der Waals surface area contributed by atoms with Crippen LogP contribution in [0.1, 0.15) is 41.5 Å². The predicted octanol–water partition coefficient (Wildman–Crippen LogP) is 3.01. The maximum atomic E-state index is 11.7. The Morgan fingerprint density at radius 3 is 2.15 bits per heavy atom. The average molecular weight is 283 g/mol. The highest BCUT2D eigenvalue weighted by atomic mass is 16.6. The maximum absolute atomic E-state index is 11.7. The molecule has 0 unspecified atom stereocenters. The second kappa shape index (κ2) is 5.52. The van der Waals surface area contributed by atoms with Crippen molar-refractivity contribution in [3.63, 3.8) is 0 Å². The molecule has 0 bridgehead atoms. The van der Waals surface area contributed by atoms with E-state index in [0.29, 0.717) is 0 Å². The van der Waals surface area contributed by atoms with Gasteiger partial charge in [-0.1, -0.05) is 0 Å². The summed E-state index contributed by atoms with van der Waals surface area (Å²) >= 11 is 0. The molecule has 0 atom stereocenters. The number of amides is 1. The topological polar surface area (TPSA) is 82.5 Å². The lowest BCUT2D eigenvalue weighted by Gasteiger charge is -2.19. The quantitative estimate of drug-likeness (QED) is 0.856. The van der Waals surface area contributed by atoms with E-state index in [0.717, 1.165) is 4.68 Å². The van der Waals surface area contributed by atoms with Crippen molar-refractivity contribution in [1.29, 1.82) is 0 Å². The fourth-order valence-electron chi connectivity index (χ4n) is 1.21. The van der Waals surface area contributed by atoms with Crippen molar-refractivity contribution in [2.75, 3.05) is 5.32 Å². The van der Waals surface area contributed by atoms with E-state index >= 15 is 0 Å². The number of hydrogen-bond acceptors (Lipinski definition) is 5. The van der Waals surface area contributed by atoms with Gasteiger partial charge in [-0.15, -0.1) is 5.10 Å². The zero-order valence-corrected chi connectivity index (χ0v) is 12.7. The third-order valence-corrected chi connectivity index (χ3v) is 1.80. The molecule has 0 radical (unpaired) electrons. The fraction of sp³-hybridized carbons (Fsp3) is 0.615. The molecule has 7 heteroatoms. The van der Waals surface area contributed by atoms with E-state index in [2.05, 4.69) is 10.4 Å². The van der Waals surface area contributed by atoms with Gasteiger partial charge >= 0.3 is 12.2 Å². The van der Waals surface area contributed by atoms with Gasteiger partial charge in [-0.3, -0.25) is 5.32 Å². The smallest absolute Gasteiger partial charge is 0.435 e. The van der Waals surface area contributed by atoms with Gasteiger partial charge in [-0.25, -0.2) is 9.59 Å². The first-order chi connectivity index (χ1) is 8.96.